The molecule has 0 saturated heterocycles. The lowest BCUT2D eigenvalue weighted by Crippen LogP contribution is -2.27. The van der Waals surface area contributed by atoms with Gasteiger partial charge in [0.15, 0.2) is 0 Å². The van der Waals surface area contributed by atoms with Gasteiger partial charge in [0.05, 0.1) is 17.2 Å². The molecule has 0 aromatic heterocycles. The van der Waals surface area contributed by atoms with Gasteiger partial charge in [0.25, 0.3) is 5.91 Å². The van der Waals surface area contributed by atoms with Gasteiger partial charge in [-0.3, -0.25) is 4.79 Å². The molecule has 0 fully saturated rings. The van der Waals surface area contributed by atoms with Gasteiger partial charge in [0.2, 0.25) is 0 Å². The summed E-state index contributed by atoms with van der Waals surface area (Å²) in [4.78, 5) is 13.6. The monoisotopic (exact) mass is 268 g/mol. The third-order valence-corrected chi connectivity index (χ3v) is 2.93. The van der Waals surface area contributed by atoms with Crippen LogP contribution in [0.1, 0.15) is 21.5 Å². The molecule has 1 amide bonds. The first-order chi connectivity index (χ1) is 9.61. The topological polar surface area (TPSA) is 44.1 Å². The van der Waals surface area contributed by atoms with Gasteiger partial charge < -0.3 is 4.90 Å². The molecule has 2 rings (SSSR count). The fourth-order valence-corrected chi connectivity index (χ4v) is 1.93. The van der Waals surface area contributed by atoms with E-state index in [0.29, 0.717) is 12.1 Å². The molecule has 4 heteroatoms. The second-order valence-corrected chi connectivity index (χ2v) is 4.45. The van der Waals surface area contributed by atoms with Crippen LogP contribution in [-0.4, -0.2) is 17.9 Å². The van der Waals surface area contributed by atoms with Gasteiger partial charge in [-0.25, -0.2) is 4.39 Å². The van der Waals surface area contributed by atoms with E-state index in [4.69, 9.17) is 5.26 Å². The Hall–Kier alpha value is -2.67. The Morgan fingerprint density at radius 2 is 2.00 bits per heavy atom. The third kappa shape index (κ3) is 3.01. The van der Waals surface area contributed by atoms with E-state index in [1.54, 1.807) is 37.4 Å². The minimum Gasteiger partial charge on any atom is -0.337 e. The average molecular weight is 268 g/mol. The Kier molecular flexibility index (Phi) is 4.11. The third-order valence-electron chi connectivity index (χ3n) is 2.93. The zero-order valence-corrected chi connectivity index (χ0v) is 11.0. The molecule has 0 aliphatic rings. The molecule has 20 heavy (non-hydrogen) atoms. The van der Waals surface area contributed by atoms with E-state index in [0.717, 1.165) is 5.56 Å². The SMILES string of the molecule is CN(Cc1cccc(C#N)c1)C(=O)c1ccccc1F. The van der Waals surface area contributed by atoms with Crippen LogP contribution in [-0.2, 0) is 6.54 Å². The smallest absolute Gasteiger partial charge is 0.256 e. The fraction of sp³-hybridized carbons (Fsp3) is 0.125. The van der Waals surface area contributed by atoms with Crippen LogP contribution in [0.15, 0.2) is 48.5 Å². The average Bonchev–Trinajstić information content (AvgIpc) is 2.47. The molecule has 0 aliphatic carbocycles. The van der Waals surface area contributed by atoms with Gasteiger partial charge in [-0.1, -0.05) is 24.3 Å². The van der Waals surface area contributed by atoms with Crippen molar-refractivity contribution in [2.45, 2.75) is 6.54 Å². The molecule has 100 valence electrons. The highest BCUT2D eigenvalue weighted by Crippen LogP contribution is 2.12. The maximum atomic E-state index is 13.6. The summed E-state index contributed by atoms with van der Waals surface area (Å²) in [5.74, 6) is -0.916. The summed E-state index contributed by atoms with van der Waals surface area (Å²) in [7, 11) is 1.60. The minimum absolute atomic E-state index is 0.0476. The molecular weight excluding hydrogens is 255 g/mol. The quantitative estimate of drug-likeness (QED) is 0.859. The van der Waals surface area contributed by atoms with Crippen molar-refractivity contribution in [2.75, 3.05) is 7.05 Å². The van der Waals surface area contributed by atoms with E-state index >= 15 is 0 Å². The maximum Gasteiger partial charge on any atom is 0.256 e. The standard InChI is InChI=1S/C16H13FN2O/c1-19(11-13-6-4-5-12(9-13)10-18)16(20)14-7-2-3-8-15(14)17/h2-9H,11H2,1H3. The van der Waals surface area contributed by atoms with Crippen molar-refractivity contribution in [3.63, 3.8) is 0 Å². The van der Waals surface area contributed by atoms with Crippen LogP contribution in [0.2, 0.25) is 0 Å². The summed E-state index contributed by atoms with van der Waals surface area (Å²) in [6, 6.07) is 14.9. The molecule has 2 aromatic rings. The van der Waals surface area contributed by atoms with Crippen LogP contribution in [0.5, 0.6) is 0 Å². The Morgan fingerprint density at radius 3 is 2.70 bits per heavy atom. The van der Waals surface area contributed by atoms with Gasteiger partial charge in [-0.15, -0.1) is 0 Å². The summed E-state index contributed by atoms with van der Waals surface area (Å²) < 4.78 is 13.6. The van der Waals surface area contributed by atoms with Gasteiger partial charge >= 0.3 is 0 Å². The number of halogens is 1. The molecule has 3 nitrogen and oxygen atoms in total. The lowest BCUT2D eigenvalue weighted by atomic mass is 10.1. The Bertz CT molecular complexity index is 676. The summed E-state index contributed by atoms with van der Waals surface area (Å²) in [5, 5.41) is 8.84. The molecule has 0 aliphatic heterocycles. The molecule has 0 N–H and O–H groups in total. The summed E-state index contributed by atoms with van der Waals surface area (Å²) in [6.07, 6.45) is 0. The highest BCUT2D eigenvalue weighted by atomic mass is 19.1. The molecular formula is C16H13FN2O. The Balaban J connectivity index is 2.16. The maximum absolute atomic E-state index is 13.6. The molecule has 0 bridgehead atoms. The van der Waals surface area contributed by atoms with E-state index in [1.807, 2.05) is 12.1 Å². The predicted molar refractivity (Wildman–Crippen MR) is 73.4 cm³/mol. The number of amides is 1. The number of carbonyl (C=O) groups is 1. The second kappa shape index (κ2) is 5.98. The van der Waals surface area contributed by atoms with E-state index < -0.39 is 5.82 Å². The fourth-order valence-electron chi connectivity index (χ4n) is 1.93. The number of hydrogen-bond donors (Lipinski definition) is 0. The van der Waals surface area contributed by atoms with E-state index in [-0.39, 0.29) is 11.5 Å². The van der Waals surface area contributed by atoms with Crippen LogP contribution in [0.3, 0.4) is 0 Å². The molecule has 0 saturated carbocycles. The highest BCUT2D eigenvalue weighted by molar-refractivity contribution is 5.94. The van der Waals surface area contributed by atoms with Gasteiger partial charge in [-0.05, 0) is 29.8 Å². The van der Waals surface area contributed by atoms with Gasteiger partial charge in [0, 0.05) is 13.6 Å². The number of nitrogens with zero attached hydrogens (tertiary/aromatic N) is 2. The highest BCUT2D eigenvalue weighted by Gasteiger charge is 2.15. The molecule has 0 heterocycles. The van der Waals surface area contributed by atoms with Crippen molar-refractivity contribution < 1.29 is 9.18 Å². The lowest BCUT2D eigenvalue weighted by molar-refractivity contribution is 0.0780. The van der Waals surface area contributed by atoms with Crippen LogP contribution in [0.25, 0.3) is 0 Å². The van der Waals surface area contributed by atoms with E-state index in [9.17, 15) is 9.18 Å². The minimum atomic E-state index is -0.532. The number of carbonyl (C=O) groups excluding carboxylic acids is 1. The first kappa shape index (κ1) is 13.8. The van der Waals surface area contributed by atoms with E-state index in [2.05, 4.69) is 0 Å². The number of hydrogen-bond acceptors (Lipinski definition) is 2. The summed E-state index contributed by atoms with van der Waals surface area (Å²) in [6.45, 7) is 0.322. The van der Waals surface area contributed by atoms with Crippen LogP contribution >= 0.6 is 0 Å². The summed E-state index contributed by atoms with van der Waals surface area (Å²) >= 11 is 0. The summed E-state index contributed by atoms with van der Waals surface area (Å²) in [5.41, 5.74) is 1.41. The number of nitriles is 1. The zero-order chi connectivity index (χ0) is 14.5. The molecule has 0 unspecified atom stereocenters. The first-order valence-corrected chi connectivity index (χ1v) is 6.11. The van der Waals surface area contributed by atoms with Crippen LogP contribution in [0, 0.1) is 17.1 Å². The van der Waals surface area contributed by atoms with Crippen molar-refractivity contribution in [3.8, 4) is 6.07 Å². The van der Waals surface area contributed by atoms with Crippen LogP contribution in [0.4, 0.5) is 4.39 Å². The Labute approximate surface area is 116 Å². The second-order valence-electron chi connectivity index (χ2n) is 4.45. The normalized spacial score (nSPS) is 9.85. The molecule has 0 radical (unpaired) electrons. The first-order valence-electron chi connectivity index (χ1n) is 6.11. The van der Waals surface area contributed by atoms with Crippen molar-refractivity contribution in [1.29, 1.82) is 5.26 Å². The zero-order valence-electron chi connectivity index (χ0n) is 11.0. The van der Waals surface area contributed by atoms with Crippen molar-refractivity contribution in [2.24, 2.45) is 0 Å². The van der Waals surface area contributed by atoms with Crippen molar-refractivity contribution >= 4 is 5.91 Å². The molecule has 0 atom stereocenters. The van der Waals surface area contributed by atoms with Gasteiger partial charge in [-0.2, -0.15) is 5.26 Å². The lowest BCUT2D eigenvalue weighted by Gasteiger charge is -2.17. The molecule has 2 aromatic carbocycles. The molecule has 0 spiro atoms. The van der Waals surface area contributed by atoms with Crippen molar-refractivity contribution in [3.05, 3.63) is 71.0 Å². The number of rotatable bonds is 3. The van der Waals surface area contributed by atoms with E-state index in [1.165, 1.54) is 17.0 Å². The van der Waals surface area contributed by atoms with Gasteiger partial charge in [0.1, 0.15) is 5.82 Å². The largest absolute Gasteiger partial charge is 0.337 e. The van der Waals surface area contributed by atoms with Crippen LogP contribution < -0.4 is 0 Å². The predicted octanol–water partition coefficient (Wildman–Crippen LogP) is 2.97. The Morgan fingerprint density at radius 1 is 1.25 bits per heavy atom. The van der Waals surface area contributed by atoms with Crippen molar-refractivity contribution in [1.82, 2.24) is 4.90 Å². The number of benzene rings is 2.